The molecule has 6 nitrogen and oxygen atoms in total. The number of amides is 1. The fourth-order valence-corrected chi connectivity index (χ4v) is 1.75. The summed E-state index contributed by atoms with van der Waals surface area (Å²) in [6.07, 6.45) is 1.44. The van der Waals surface area contributed by atoms with Crippen LogP contribution in [0.4, 0.5) is 5.82 Å². The monoisotopic (exact) mass is 269 g/mol. The number of carbonyl (C=O) groups is 1. The summed E-state index contributed by atoms with van der Waals surface area (Å²) in [5.41, 5.74) is 0.501. The molecule has 100 valence electrons. The Labute approximate surface area is 114 Å². The molecule has 0 saturated carbocycles. The first-order valence-electron chi connectivity index (χ1n) is 5.93. The summed E-state index contributed by atoms with van der Waals surface area (Å²) in [5, 5.41) is 3.51. The lowest BCUT2D eigenvalue weighted by Crippen LogP contribution is -2.12. The molecular weight excluding hydrogens is 258 g/mol. The Morgan fingerprint density at radius 3 is 2.80 bits per heavy atom. The van der Waals surface area contributed by atoms with Crippen LogP contribution in [0.25, 0.3) is 11.0 Å². The van der Waals surface area contributed by atoms with E-state index in [0.717, 1.165) is 5.39 Å². The maximum absolute atomic E-state index is 11.8. The molecule has 0 aliphatic carbocycles. The molecule has 3 heterocycles. The van der Waals surface area contributed by atoms with E-state index in [1.165, 1.54) is 13.4 Å². The molecule has 3 rings (SSSR count). The van der Waals surface area contributed by atoms with Gasteiger partial charge in [0.05, 0.1) is 13.4 Å². The molecule has 20 heavy (non-hydrogen) atoms. The summed E-state index contributed by atoms with van der Waals surface area (Å²) in [6, 6.07) is 10.4. The van der Waals surface area contributed by atoms with Gasteiger partial charge in [0, 0.05) is 11.5 Å². The van der Waals surface area contributed by atoms with Gasteiger partial charge in [-0.2, -0.15) is 4.98 Å². The molecule has 0 spiro atoms. The second-order valence-corrected chi connectivity index (χ2v) is 4.03. The van der Waals surface area contributed by atoms with E-state index < -0.39 is 0 Å². The number of anilines is 1. The van der Waals surface area contributed by atoms with Gasteiger partial charge in [-0.1, -0.05) is 0 Å². The summed E-state index contributed by atoms with van der Waals surface area (Å²) < 4.78 is 10.1. The Kier molecular flexibility index (Phi) is 3.04. The molecule has 0 bridgehead atoms. The molecule has 0 fully saturated rings. The Morgan fingerprint density at radius 1 is 1.20 bits per heavy atom. The molecular formula is C14H11N3O3. The lowest BCUT2D eigenvalue weighted by molar-refractivity contribution is 0.0996. The number of aromatic nitrogens is 2. The van der Waals surface area contributed by atoms with Crippen molar-refractivity contribution >= 4 is 22.8 Å². The Hall–Kier alpha value is -2.89. The van der Waals surface area contributed by atoms with E-state index >= 15 is 0 Å². The third-order valence-corrected chi connectivity index (χ3v) is 2.72. The largest absolute Gasteiger partial charge is 0.481 e. The quantitative estimate of drug-likeness (QED) is 0.790. The first-order valence-corrected chi connectivity index (χ1v) is 5.93. The molecule has 0 saturated heterocycles. The van der Waals surface area contributed by atoms with Crippen molar-refractivity contribution in [3.8, 4) is 5.88 Å². The SMILES string of the molecule is COc1ccc2ccc(NC(=O)c3ccco3)nc2n1. The number of furan rings is 1. The zero-order valence-electron chi connectivity index (χ0n) is 10.7. The second kappa shape index (κ2) is 5.00. The van der Waals surface area contributed by atoms with Crippen molar-refractivity contribution < 1.29 is 13.9 Å². The van der Waals surface area contributed by atoms with Crippen molar-refractivity contribution in [2.24, 2.45) is 0 Å². The summed E-state index contributed by atoms with van der Waals surface area (Å²) in [7, 11) is 1.54. The summed E-state index contributed by atoms with van der Waals surface area (Å²) in [6.45, 7) is 0. The third kappa shape index (κ3) is 2.31. The highest BCUT2D eigenvalue weighted by Crippen LogP contribution is 2.17. The van der Waals surface area contributed by atoms with Crippen molar-refractivity contribution in [3.05, 3.63) is 48.4 Å². The number of carbonyl (C=O) groups excluding carboxylic acids is 1. The van der Waals surface area contributed by atoms with Gasteiger partial charge in [0.25, 0.3) is 5.91 Å². The highest BCUT2D eigenvalue weighted by molar-refractivity contribution is 6.02. The first-order chi connectivity index (χ1) is 9.76. The average Bonchev–Trinajstić information content (AvgIpc) is 3.00. The maximum atomic E-state index is 11.8. The van der Waals surface area contributed by atoms with E-state index in [4.69, 9.17) is 9.15 Å². The maximum Gasteiger partial charge on any atom is 0.292 e. The number of fused-ring (bicyclic) bond motifs is 1. The van der Waals surface area contributed by atoms with Gasteiger partial charge in [-0.25, -0.2) is 4.98 Å². The number of nitrogens with one attached hydrogen (secondary N) is 1. The van der Waals surface area contributed by atoms with Crippen LogP contribution in [0.2, 0.25) is 0 Å². The van der Waals surface area contributed by atoms with Crippen molar-refractivity contribution in [2.45, 2.75) is 0 Å². The second-order valence-electron chi connectivity index (χ2n) is 4.03. The number of methoxy groups -OCH3 is 1. The highest BCUT2D eigenvalue weighted by atomic mass is 16.5. The van der Waals surface area contributed by atoms with Gasteiger partial charge in [-0.15, -0.1) is 0 Å². The minimum absolute atomic E-state index is 0.227. The molecule has 1 amide bonds. The molecule has 0 unspecified atom stereocenters. The van der Waals surface area contributed by atoms with Crippen LogP contribution in [0.1, 0.15) is 10.6 Å². The Bertz CT molecular complexity index is 753. The van der Waals surface area contributed by atoms with Crippen LogP contribution < -0.4 is 10.1 Å². The van der Waals surface area contributed by atoms with Gasteiger partial charge in [0.2, 0.25) is 5.88 Å². The molecule has 0 atom stereocenters. The fourth-order valence-electron chi connectivity index (χ4n) is 1.75. The van der Waals surface area contributed by atoms with Crippen LogP contribution in [0, 0.1) is 0 Å². The van der Waals surface area contributed by atoms with E-state index in [1.54, 1.807) is 24.3 Å². The molecule has 0 aliphatic rings. The molecule has 6 heteroatoms. The third-order valence-electron chi connectivity index (χ3n) is 2.72. The summed E-state index contributed by atoms with van der Waals surface area (Å²) >= 11 is 0. The number of nitrogens with zero attached hydrogens (tertiary/aromatic N) is 2. The number of pyridine rings is 2. The van der Waals surface area contributed by atoms with Crippen molar-refractivity contribution in [3.63, 3.8) is 0 Å². The number of rotatable bonds is 3. The predicted octanol–water partition coefficient (Wildman–Crippen LogP) is 2.48. The van der Waals surface area contributed by atoms with Gasteiger partial charge in [0.15, 0.2) is 11.4 Å². The van der Waals surface area contributed by atoms with Crippen LogP contribution in [0.3, 0.4) is 0 Å². The van der Waals surface area contributed by atoms with E-state index in [0.29, 0.717) is 17.3 Å². The molecule has 1 N–H and O–H groups in total. The summed E-state index contributed by atoms with van der Waals surface area (Å²) in [5.74, 6) is 0.745. The van der Waals surface area contributed by atoms with Crippen LogP contribution in [0.15, 0.2) is 47.1 Å². The highest BCUT2D eigenvalue weighted by Gasteiger charge is 2.10. The minimum Gasteiger partial charge on any atom is -0.481 e. The predicted molar refractivity (Wildman–Crippen MR) is 72.8 cm³/mol. The first kappa shape index (κ1) is 12.2. The van der Waals surface area contributed by atoms with Crippen LogP contribution >= 0.6 is 0 Å². The minimum atomic E-state index is -0.357. The number of hydrogen-bond acceptors (Lipinski definition) is 5. The fraction of sp³-hybridized carbons (Fsp3) is 0.0714. The van der Waals surface area contributed by atoms with Gasteiger partial charge >= 0.3 is 0 Å². The van der Waals surface area contributed by atoms with Gasteiger partial charge < -0.3 is 14.5 Å². The molecule has 0 aromatic carbocycles. The topological polar surface area (TPSA) is 77.2 Å². The number of hydrogen-bond donors (Lipinski definition) is 1. The van der Waals surface area contributed by atoms with E-state index in [-0.39, 0.29) is 11.7 Å². The number of ether oxygens (including phenoxy) is 1. The van der Waals surface area contributed by atoms with E-state index in [2.05, 4.69) is 15.3 Å². The Morgan fingerprint density at radius 2 is 2.05 bits per heavy atom. The molecule has 0 aliphatic heterocycles. The molecule has 0 radical (unpaired) electrons. The zero-order chi connectivity index (χ0) is 13.9. The molecule has 3 aromatic rings. The Balaban J connectivity index is 1.90. The molecule has 3 aromatic heterocycles. The van der Waals surface area contributed by atoms with Crippen LogP contribution in [0.5, 0.6) is 5.88 Å². The lowest BCUT2D eigenvalue weighted by atomic mass is 10.3. The van der Waals surface area contributed by atoms with Gasteiger partial charge in [0.1, 0.15) is 5.82 Å². The van der Waals surface area contributed by atoms with Crippen LogP contribution in [-0.2, 0) is 0 Å². The van der Waals surface area contributed by atoms with Crippen LogP contribution in [-0.4, -0.2) is 23.0 Å². The smallest absolute Gasteiger partial charge is 0.292 e. The van der Waals surface area contributed by atoms with Crippen molar-refractivity contribution in [2.75, 3.05) is 12.4 Å². The van der Waals surface area contributed by atoms with E-state index in [1.807, 2.05) is 12.1 Å². The zero-order valence-corrected chi connectivity index (χ0v) is 10.7. The van der Waals surface area contributed by atoms with Crippen molar-refractivity contribution in [1.82, 2.24) is 9.97 Å². The average molecular weight is 269 g/mol. The van der Waals surface area contributed by atoms with Gasteiger partial charge in [-0.05, 0) is 30.3 Å². The summed E-state index contributed by atoms with van der Waals surface area (Å²) in [4.78, 5) is 20.3. The van der Waals surface area contributed by atoms with Gasteiger partial charge in [-0.3, -0.25) is 4.79 Å². The normalized spacial score (nSPS) is 10.4. The lowest BCUT2D eigenvalue weighted by Gasteiger charge is -2.04. The standard InChI is InChI=1S/C14H11N3O3/c1-19-12-7-5-9-4-6-11(15-13(9)17-12)16-14(18)10-3-2-8-20-10/h2-8H,1H3,(H,15,16,17,18). The van der Waals surface area contributed by atoms with Crippen molar-refractivity contribution in [1.29, 1.82) is 0 Å². The van der Waals surface area contributed by atoms with E-state index in [9.17, 15) is 4.79 Å².